The van der Waals surface area contributed by atoms with E-state index in [1.54, 1.807) is 18.3 Å². The van der Waals surface area contributed by atoms with Crippen molar-refractivity contribution < 1.29 is 9.90 Å². The normalized spacial score (nSPS) is 11.1. The predicted molar refractivity (Wildman–Crippen MR) is 119 cm³/mol. The van der Waals surface area contributed by atoms with E-state index in [9.17, 15) is 9.90 Å². The summed E-state index contributed by atoms with van der Waals surface area (Å²) in [5.41, 5.74) is 4.24. The minimum absolute atomic E-state index is 0.126. The summed E-state index contributed by atoms with van der Waals surface area (Å²) in [5.74, 6) is 1.39. The second kappa shape index (κ2) is 9.18. The predicted octanol–water partition coefficient (Wildman–Crippen LogP) is 5.11. The molecule has 3 aromatic rings. The first-order valence-corrected chi connectivity index (χ1v) is 10.7. The third kappa shape index (κ3) is 5.01. The average Bonchev–Trinajstić information content (AvgIpc) is 2.91. The van der Waals surface area contributed by atoms with Gasteiger partial charge in [-0.1, -0.05) is 55.9 Å². The van der Waals surface area contributed by atoms with E-state index < -0.39 is 0 Å². The van der Waals surface area contributed by atoms with Crippen molar-refractivity contribution in [3.05, 3.63) is 70.9 Å². The van der Waals surface area contributed by atoms with Gasteiger partial charge in [0.05, 0.1) is 17.3 Å². The van der Waals surface area contributed by atoms with Gasteiger partial charge in [0.15, 0.2) is 5.88 Å². The molecule has 2 N–H and O–H groups in total. The Hall–Kier alpha value is -2.73. The monoisotopic (exact) mass is 409 g/mol. The zero-order chi connectivity index (χ0) is 21.0. The van der Waals surface area contributed by atoms with Gasteiger partial charge in [0.2, 0.25) is 5.91 Å². The maximum atomic E-state index is 12.3. The number of aromatic hydroxyl groups is 1. The number of carbonyl (C=O) groups excluding carboxylic acids is 1. The fourth-order valence-corrected chi connectivity index (χ4v) is 4.12. The molecule has 1 amide bonds. The molecule has 0 bridgehead atoms. The molecule has 0 aliphatic heterocycles. The Bertz CT molecular complexity index is 980. The fourth-order valence-electron chi connectivity index (χ4n) is 3.10. The molecule has 152 valence electrons. The molecule has 0 saturated heterocycles. The van der Waals surface area contributed by atoms with Crippen LogP contribution in [-0.2, 0) is 11.3 Å². The topological polar surface area (TPSA) is 67.2 Å². The van der Waals surface area contributed by atoms with Crippen LogP contribution in [0, 0.1) is 13.8 Å². The lowest BCUT2D eigenvalue weighted by Crippen LogP contribution is -2.15. The van der Waals surface area contributed by atoms with Gasteiger partial charge in [0, 0.05) is 11.8 Å². The SMILES string of the molecule is Cc1c(C)c(SCC(=O)Nc2ccccn2)n(Cc2ccc(C(C)C)cc2)c1O. The maximum absolute atomic E-state index is 12.3. The Kier molecular flexibility index (Phi) is 6.64. The van der Waals surface area contributed by atoms with Crippen molar-refractivity contribution in [1.29, 1.82) is 0 Å². The lowest BCUT2D eigenvalue weighted by atomic mass is 10.0. The van der Waals surface area contributed by atoms with Crippen molar-refractivity contribution in [2.45, 2.75) is 45.2 Å². The number of anilines is 1. The molecule has 3 rings (SSSR count). The first-order valence-electron chi connectivity index (χ1n) is 9.68. The molecule has 29 heavy (non-hydrogen) atoms. The highest BCUT2D eigenvalue weighted by molar-refractivity contribution is 8.00. The zero-order valence-electron chi connectivity index (χ0n) is 17.3. The van der Waals surface area contributed by atoms with Crippen LogP contribution in [0.5, 0.6) is 5.88 Å². The first kappa shape index (κ1) is 21.0. The van der Waals surface area contributed by atoms with Crippen LogP contribution in [0.15, 0.2) is 53.7 Å². The van der Waals surface area contributed by atoms with Gasteiger partial charge < -0.3 is 15.0 Å². The van der Waals surface area contributed by atoms with Gasteiger partial charge in [0.1, 0.15) is 5.82 Å². The molecule has 0 atom stereocenters. The smallest absolute Gasteiger partial charge is 0.235 e. The Morgan fingerprint density at radius 2 is 1.86 bits per heavy atom. The Balaban J connectivity index is 1.75. The van der Waals surface area contributed by atoms with Crippen molar-refractivity contribution in [3.8, 4) is 5.88 Å². The van der Waals surface area contributed by atoms with Crippen LogP contribution in [0.2, 0.25) is 0 Å². The molecule has 2 aromatic heterocycles. The van der Waals surface area contributed by atoms with E-state index in [-0.39, 0.29) is 17.5 Å². The summed E-state index contributed by atoms with van der Waals surface area (Å²) in [6, 6.07) is 13.9. The molecule has 0 aliphatic rings. The van der Waals surface area contributed by atoms with E-state index in [0.717, 1.165) is 21.7 Å². The van der Waals surface area contributed by atoms with E-state index >= 15 is 0 Å². The number of nitrogens with one attached hydrogen (secondary N) is 1. The summed E-state index contributed by atoms with van der Waals surface area (Å²) < 4.78 is 1.88. The number of rotatable bonds is 7. The van der Waals surface area contributed by atoms with Gasteiger partial charge in [-0.05, 0) is 48.6 Å². The largest absolute Gasteiger partial charge is 0.494 e. The molecular formula is C23H27N3O2S. The van der Waals surface area contributed by atoms with Gasteiger partial charge in [0.25, 0.3) is 0 Å². The minimum atomic E-state index is -0.126. The Labute approximate surface area is 176 Å². The number of amides is 1. The zero-order valence-corrected chi connectivity index (χ0v) is 18.1. The molecule has 6 heteroatoms. The number of thioether (sulfide) groups is 1. The van der Waals surface area contributed by atoms with Gasteiger partial charge in [-0.25, -0.2) is 4.98 Å². The van der Waals surface area contributed by atoms with Crippen LogP contribution in [0.25, 0.3) is 0 Å². The fraction of sp³-hybridized carbons (Fsp3) is 0.304. The highest BCUT2D eigenvalue weighted by Crippen LogP contribution is 2.35. The molecule has 0 saturated carbocycles. The number of aromatic nitrogens is 2. The number of benzene rings is 1. The van der Waals surface area contributed by atoms with E-state index in [0.29, 0.717) is 18.3 Å². The molecule has 0 spiro atoms. The third-order valence-corrected chi connectivity index (χ3v) is 6.19. The molecule has 0 fully saturated rings. The quantitative estimate of drug-likeness (QED) is 0.532. The number of pyridine rings is 1. The van der Waals surface area contributed by atoms with Gasteiger partial charge >= 0.3 is 0 Å². The molecule has 0 radical (unpaired) electrons. The van der Waals surface area contributed by atoms with Crippen LogP contribution < -0.4 is 5.32 Å². The van der Waals surface area contributed by atoms with Gasteiger partial charge in [-0.3, -0.25) is 4.79 Å². The molecule has 2 heterocycles. The summed E-state index contributed by atoms with van der Waals surface area (Å²) in [5, 5.41) is 14.3. The summed E-state index contributed by atoms with van der Waals surface area (Å²) in [6.07, 6.45) is 1.64. The van der Waals surface area contributed by atoms with Crippen molar-refractivity contribution in [2.24, 2.45) is 0 Å². The molecular weight excluding hydrogens is 382 g/mol. The standard InChI is InChI=1S/C23H27N3O2S/c1-15(2)19-10-8-18(9-11-19)13-26-22(28)16(3)17(4)23(26)29-14-21(27)25-20-7-5-6-12-24-20/h5-12,15,28H,13-14H2,1-4H3,(H,24,25,27). The highest BCUT2D eigenvalue weighted by Gasteiger charge is 2.19. The molecule has 0 unspecified atom stereocenters. The number of carbonyl (C=O) groups is 1. The van der Waals surface area contributed by atoms with Crippen molar-refractivity contribution in [3.63, 3.8) is 0 Å². The second-order valence-electron chi connectivity index (χ2n) is 7.41. The van der Waals surface area contributed by atoms with Crippen LogP contribution >= 0.6 is 11.8 Å². The van der Waals surface area contributed by atoms with E-state index in [2.05, 4.69) is 48.4 Å². The second-order valence-corrected chi connectivity index (χ2v) is 8.38. The van der Waals surface area contributed by atoms with E-state index in [1.807, 2.05) is 24.5 Å². The number of hydrogen-bond donors (Lipinski definition) is 2. The van der Waals surface area contributed by atoms with Crippen molar-refractivity contribution in [1.82, 2.24) is 9.55 Å². The molecule has 5 nitrogen and oxygen atoms in total. The number of nitrogens with zero attached hydrogens (tertiary/aromatic N) is 2. The third-order valence-electron chi connectivity index (χ3n) is 4.98. The summed E-state index contributed by atoms with van der Waals surface area (Å²) in [4.78, 5) is 16.4. The van der Waals surface area contributed by atoms with Gasteiger partial charge in [-0.15, -0.1) is 0 Å². The molecule has 0 aliphatic carbocycles. The minimum Gasteiger partial charge on any atom is -0.494 e. The summed E-state index contributed by atoms with van der Waals surface area (Å²) in [7, 11) is 0. The van der Waals surface area contributed by atoms with E-state index in [1.165, 1.54) is 17.3 Å². The maximum Gasteiger partial charge on any atom is 0.235 e. The van der Waals surface area contributed by atoms with Gasteiger partial charge in [-0.2, -0.15) is 0 Å². The Morgan fingerprint density at radius 3 is 2.48 bits per heavy atom. The lowest BCUT2D eigenvalue weighted by molar-refractivity contribution is -0.113. The van der Waals surface area contributed by atoms with Crippen LogP contribution in [0.4, 0.5) is 5.82 Å². The summed E-state index contributed by atoms with van der Waals surface area (Å²) in [6.45, 7) is 8.78. The summed E-state index contributed by atoms with van der Waals surface area (Å²) >= 11 is 1.43. The average molecular weight is 410 g/mol. The number of hydrogen-bond acceptors (Lipinski definition) is 4. The highest BCUT2D eigenvalue weighted by atomic mass is 32.2. The van der Waals surface area contributed by atoms with Crippen LogP contribution in [0.1, 0.15) is 42.0 Å². The van der Waals surface area contributed by atoms with Crippen molar-refractivity contribution in [2.75, 3.05) is 11.1 Å². The molecule has 1 aromatic carbocycles. The van der Waals surface area contributed by atoms with Crippen LogP contribution in [-0.4, -0.2) is 26.3 Å². The lowest BCUT2D eigenvalue weighted by Gasteiger charge is -2.12. The Morgan fingerprint density at radius 1 is 1.14 bits per heavy atom. The first-order chi connectivity index (χ1) is 13.9. The van der Waals surface area contributed by atoms with Crippen LogP contribution in [0.3, 0.4) is 0 Å². The van der Waals surface area contributed by atoms with E-state index in [4.69, 9.17) is 0 Å². The van der Waals surface area contributed by atoms with Crippen molar-refractivity contribution >= 4 is 23.5 Å².